The number of nitrogens with zero attached hydrogens (tertiary/aromatic N) is 3. The van der Waals surface area contributed by atoms with E-state index < -0.39 is 0 Å². The molecule has 0 fully saturated rings. The Kier molecular flexibility index (Phi) is 7.33. The van der Waals surface area contributed by atoms with Gasteiger partial charge in [-0.05, 0) is 31.2 Å². The van der Waals surface area contributed by atoms with Crippen molar-refractivity contribution >= 4 is 35.1 Å². The van der Waals surface area contributed by atoms with Gasteiger partial charge in [-0.15, -0.1) is 28.5 Å². The summed E-state index contributed by atoms with van der Waals surface area (Å²) >= 11 is 3.09. The highest BCUT2D eigenvalue weighted by molar-refractivity contribution is 7.99. The molecule has 1 N–H and O–H groups in total. The second-order valence-corrected chi connectivity index (χ2v) is 8.09. The molecule has 0 bridgehead atoms. The van der Waals surface area contributed by atoms with Crippen molar-refractivity contribution in [3.63, 3.8) is 0 Å². The highest BCUT2D eigenvalue weighted by atomic mass is 32.2. The lowest BCUT2D eigenvalue weighted by atomic mass is 10.2. The molecule has 2 aromatic carbocycles. The number of carbonyl (C=O) groups is 1. The minimum Gasteiger partial charge on any atom is -0.325 e. The summed E-state index contributed by atoms with van der Waals surface area (Å²) in [5.41, 5.74) is 2.03. The molecule has 0 aliphatic carbocycles. The van der Waals surface area contributed by atoms with E-state index in [0.717, 1.165) is 16.7 Å². The fourth-order valence-electron chi connectivity index (χ4n) is 2.48. The average molecular weight is 411 g/mol. The Morgan fingerprint density at radius 2 is 1.86 bits per heavy atom. The maximum Gasteiger partial charge on any atom is 0.234 e. The van der Waals surface area contributed by atoms with Crippen molar-refractivity contribution in [2.75, 3.05) is 11.1 Å². The van der Waals surface area contributed by atoms with Gasteiger partial charge in [0.05, 0.1) is 11.5 Å². The number of aryl methyl sites for hydroxylation is 1. The van der Waals surface area contributed by atoms with Crippen LogP contribution in [-0.2, 0) is 17.1 Å². The van der Waals surface area contributed by atoms with Crippen molar-refractivity contribution in [3.8, 4) is 0 Å². The average Bonchev–Trinajstić information content (AvgIpc) is 3.09. The summed E-state index contributed by atoms with van der Waals surface area (Å²) in [4.78, 5) is 13.4. The number of rotatable bonds is 9. The Bertz CT molecular complexity index is 923. The number of hydrogen-bond acceptors (Lipinski definition) is 5. The molecule has 0 saturated heterocycles. The van der Waals surface area contributed by atoms with Crippen LogP contribution < -0.4 is 5.32 Å². The standard InChI is InChI=1S/C21H22N4OS2/c1-3-13-25-19(14-27-18-11-9-16(2)10-12-18)23-24-21(25)28-15-20(26)22-17-7-5-4-6-8-17/h3-12H,1,13-15H2,2H3,(H,22,26). The molecule has 144 valence electrons. The van der Waals surface area contributed by atoms with Gasteiger partial charge in [-0.1, -0.05) is 53.7 Å². The molecule has 0 radical (unpaired) electrons. The van der Waals surface area contributed by atoms with Crippen LogP contribution in [0.2, 0.25) is 0 Å². The first kappa shape index (κ1) is 20.2. The van der Waals surface area contributed by atoms with Gasteiger partial charge < -0.3 is 9.88 Å². The van der Waals surface area contributed by atoms with Crippen LogP contribution in [0.4, 0.5) is 5.69 Å². The van der Waals surface area contributed by atoms with Gasteiger partial charge in [0.2, 0.25) is 5.91 Å². The van der Waals surface area contributed by atoms with Gasteiger partial charge in [0.25, 0.3) is 0 Å². The molecule has 28 heavy (non-hydrogen) atoms. The number of amides is 1. The van der Waals surface area contributed by atoms with E-state index in [2.05, 4.69) is 53.3 Å². The van der Waals surface area contributed by atoms with E-state index in [9.17, 15) is 4.79 Å². The van der Waals surface area contributed by atoms with E-state index in [-0.39, 0.29) is 11.7 Å². The number of allylic oxidation sites excluding steroid dienone is 1. The Morgan fingerprint density at radius 1 is 1.11 bits per heavy atom. The predicted molar refractivity (Wildman–Crippen MR) is 117 cm³/mol. The molecule has 0 aliphatic heterocycles. The zero-order valence-corrected chi connectivity index (χ0v) is 17.3. The molecule has 0 saturated carbocycles. The summed E-state index contributed by atoms with van der Waals surface area (Å²) < 4.78 is 2.01. The molecule has 3 aromatic rings. The van der Waals surface area contributed by atoms with Gasteiger partial charge in [0.15, 0.2) is 5.16 Å². The van der Waals surface area contributed by atoms with Gasteiger partial charge in [-0.25, -0.2) is 0 Å². The van der Waals surface area contributed by atoms with Crippen molar-refractivity contribution < 1.29 is 4.79 Å². The zero-order valence-electron chi connectivity index (χ0n) is 15.7. The van der Waals surface area contributed by atoms with Crippen LogP contribution in [0.1, 0.15) is 11.4 Å². The normalized spacial score (nSPS) is 10.6. The van der Waals surface area contributed by atoms with Crippen molar-refractivity contribution in [3.05, 3.63) is 78.6 Å². The van der Waals surface area contributed by atoms with Crippen LogP contribution >= 0.6 is 23.5 Å². The number of thioether (sulfide) groups is 2. The zero-order chi connectivity index (χ0) is 19.8. The molecule has 0 aliphatic rings. The quantitative estimate of drug-likeness (QED) is 0.406. The first-order valence-electron chi connectivity index (χ1n) is 8.86. The summed E-state index contributed by atoms with van der Waals surface area (Å²) in [6.45, 7) is 6.51. The van der Waals surface area contributed by atoms with Gasteiger partial charge in [-0.2, -0.15) is 0 Å². The van der Waals surface area contributed by atoms with E-state index in [4.69, 9.17) is 0 Å². The number of carbonyl (C=O) groups excluding carboxylic acids is 1. The molecular weight excluding hydrogens is 388 g/mol. The molecule has 1 heterocycles. The highest BCUT2D eigenvalue weighted by Gasteiger charge is 2.14. The summed E-state index contributed by atoms with van der Waals surface area (Å²) in [6, 6.07) is 17.8. The SMILES string of the molecule is C=CCn1c(CSc2ccc(C)cc2)nnc1SCC(=O)Nc1ccccc1. The number of para-hydroxylation sites is 1. The van der Waals surface area contributed by atoms with Crippen LogP contribution in [0.25, 0.3) is 0 Å². The molecule has 0 spiro atoms. The Morgan fingerprint density at radius 3 is 2.57 bits per heavy atom. The van der Waals surface area contributed by atoms with Crippen molar-refractivity contribution in [2.45, 2.75) is 29.3 Å². The predicted octanol–water partition coefficient (Wildman–Crippen LogP) is 4.80. The Hall–Kier alpha value is -2.51. The number of aromatic nitrogens is 3. The third kappa shape index (κ3) is 5.74. The Balaban J connectivity index is 1.60. The van der Waals surface area contributed by atoms with E-state index >= 15 is 0 Å². The highest BCUT2D eigenvalue weighted by Crippen LogP contribution is 2.25. The summed E-state index contributed by atoms with van der Waals surface area (Å²) in [6.07, 6.45) is 1.82. The van der Waals surface area contributed by atoms with Gasteiger partial charge in [-0.3, -0.25) is 4.79 Å². The van der Waals surface area contributed by atoms with E-state index in [1.165, 1.54) is 22.2 Å². The van der Waals surface area contributed by atoms with Crippen molar-refractivity contribution in [1.29, 1.82) is 0 Å². The second kappa shape index (κ2) is 10.1. The molecule has 1 amide bonds. The molecule has 1 aromatic heterocycles. The maximum atomic E-state index is 12.2. The van der Waals surface area contributed by atoms with Gasteiger partial charge in [0.1, 0.15) is 5.82 Å². The third-order valence-corrected chi connectivity index (χ3v) is 5.86. The summed E-state index contributed by atoms with van der Waals surface area (Å²) in [5.74, 6) is 1.78. The Labute approximate surface area is 173 Å². The van der Waals surface area contributed by atoms with Crippen LogP contribution in [0.5, 0.6) is 0 Å². The van der Waals surface area contributed by atoms with Crippen LogP contribution in [0, 0.1) is 6.92 Å². The van der Waals surface area contributed by atoms with Gasteiger partial charge in [0, 0.05) is 17.1 Å². The fourth-order valence-corrected chi connectivity index (χ4v) is 4.08. The lowest BCUT2D eigenvalue weighted by Crippen LogP contribution is -2.14. The van der Waals surface area contributed by atoms with Crippen molar-refractivity contribution in [2.24, 2.45) is 0 Å². The van der Waals surface area contributed by atoms with Gasteiger partial charge >= 0.3 is 0 Å². The maximum absolute atomic E-state index is 12.2. The first-order valence-corrected chi connectivity index (χ1v) is 10.8. The minimum atomic E-state index is -0.0695. The minimum absolute atomic E-state index is 0.0695. The monoisotopic (exact) mass is 410 g/mol. The summed E-state index contributed by atoms with van der Waals surface area (Å²) in [5, 5.41) is 12.2. The summed E-state index contributed by atoms with van der Waals surface area (Å²) in [7, 11) is 0. The lowest BCUT2D eigenvalue weighted by molar-refractivity contribution is -0.113. The van der Waals surface area contributed by atoms with Crippen LogP contribution in [0.15, 0.2) is 77.3 Å². The smallest absolute Gasteiger partial charge is 0.234 e. The molecule has 5 nitrogen and oxygen atoms in total. The number of nitrogens with one attached hydrogen (secondary N) is 1. The molecule has 3 rings (SSSR count). The lowest BCUT2D eigenvalue weighted by Gasteiger charge is -2.08. The molecule has 0 unspecified atom stereocenters. The first-order chi connectivity index (χ1) is 13.7. The fraction of sp³-hybridized carbons (Fsp3) is 0.190. The van der Waals surface area contributed by atoms with Crippen LogP contribution in [0.3, 0.4) is 0 Å². The molecular formula is C21H22N4OS2. The largest absolute Gasteiger partial charge is 0.325 e. The number of hydrogen-bond donors (Lipinski definition) is 1. The van der Waals surface area contributed by atoms with E-state index in [1.807, 2.05) is 41.0 Å². The van der Waals surface area contributed by atoms with Crippen molar-refractivity contribution in [1.82, 2.24) is 14.8 Å². The number of benzene rings is 2. The molecule has 7 heteroatoms. The van der Waals surface area contributed by atoms with E-state index in [0.29, 0.717) is 12.3 Å². The second-order valence-electron chi connectivity index (χ2n) is 6.10. The van der Waals surface area contributed by atoms with E-state index in [1.54, 1.807) is 11.8 Å². The third-order valence-electron chi connectivity index (χ3n) is 3.88. The molecule has 0 atom stereocenters. The topological polar surface area (TPSA) is 59.8 Å². The van der Waals surface area contributed by atoms with Crippen LogP contribution in [-0.4, -0.2) is 26.4 Å². The number of anilines is 1.